The van der Waals surface area contributed by atoms with E-state index in [0.717, 1.165) is 0 Å². The van der Waals surface area contributed by atoms with Gasteiger partial charge in [0.05, 0.1) is 14.2 Å². The molecule has 0 atom stereocenters. The predicted octanol–water partition coefficient (Wildman–Crippen LogP) is 0.781. The molecule has 5 heteroatoms. The van der Waals surface area contributed by atoms with Crippen LogP contribution in [0.1, 0.15) is 2.85 Å². The predicted molar refractivity (Wildman–Crippen MR) is 29.6 cm³/mol. The Labute approximate surface area is 62.4 Å². The molecule has 0 rings (SSSR count). The van der Waals surface area contributed by atoms with Crippen LogP contribution in [-0.4, -0.2) is 37.3 Å². The zero-order valence-corrected chi connectivity index (χ0v) is 6.69. The molecule has 7 heavy (non-hydrogen) atoms. The van der Waals surface area contributed by atoms with Crippen LogP contribution in [0.2, 0.25) is 0 Å². The smallest absolute Gasteiger partial charge is 1.00 e. The molecule has 0 saturated carbocycles. The van der Waals surface area contributed by atoms with Crippen molar-refractivity contribution in [2.75, 3.05) is 14.2 Å². The van der Waals surface area contributed by atoms with Crippen LogP contribution in [0.5, 0.6) is 0 Å². The van der Waals surface area contributed by atoms with Gasteiger partial charge >= 0.3 is 31.3 Å². The van der Waals surface area contributed by atoms with Crippen molar-refractivity contribution in [1.82, 2.24) is 0 Å². The Morgan fingerprint density at radius 2 is 1.71 bits per heavy atom. The van der Waals surface area contributed by atoms with Crippen LogP contribution in [0.4, 0.5) is 0 Å². The third-order valence-electron chi connectivity index (χ3n) is 0.298. The van der Waals surface area contributed by atoms with Gasteiger partial charge in [-0.1, -0.05) is 0 Å². The normalized spacial score (nSPS) is 7.14. The van der Waals surface area contributed by atoms with Crippen LogP contribution in [0, 0.1) is 0 Å². The maximum Gasteiger partial charge on any atom is 2.00 e. The summed E-state index contributed by atoms with van der Waals surface area (Å²) < 4.78 is 18.3. The van der Waals surface area contributed by atoms with Gasteiger partial charge < -0.3 is 2.85 Å². The minimum Gasteiger partial charge on any atom is -1.00 e. The summed E-state index contributed by atoms with van der Waals surface area (Å²) in [5, 5.41) is 0. The third kappa shape index (κ3) is 6.79. The summed E-state index contributed by atoms with van der Waals surface area (Å²) in [4.78, 5) is 0. The first-order valence-corrected chi connectivity index (χ1v) is 2.46. The van der Waals surface area contributed by atoms with E-state index in [2.05, 4.69) is 9.05 Å². The number of hydrogen-bond donors (Lipinski definition) is 0. The van der Waals surface area contributed by atoms with E-state index in [9.17, 15) is 4.57 Å². The van der Waals surface area contributed by atoms with Gasteiger partial charge in [-0.15, -0.1) is 9.05 Å². The van der Waals surface area contributed by atoms with Crippen molar-refractivity contribution >= 4 is 31.3 Å². The van der Waals surface area contributed by atoms with Crippen molar-refractivity contribution in [3.63, 3.8) is 0 Å². The SMILES string of the molecule is CO[P+](=O)OC.[H-].[H-].[Mg+2]. The first-order chi connectivity index (χ1) is 2.81. The van der Waals surface area contributed by atoms with E-state index in [4.69, 9.17) is 0 Å². The Kier molecular flexibility index (Phi) is 10.4. The van der Waals surface area contributed by atoms with Crippen LogP contribution in [0.25, 0.3) is 0 Å². The maximum absolute atomic E-state index is 9.88. The fourth-order valence-electron chi connectivity index (χ4n) is 0.0745. The molecule has 0 N–H and O–H groups in total. The standard InChI is InChI=1S/C2H6O3P.Mg.2H/c1-4-6(3)5-2;;;/h1-2H3;;;/q+1;+2;2*-1. The van der Waals surface area contributed by atoms with Gasteiger partial charge in [-0.05, 0) is 0 Å². The molecule has 0 heterocycles. The molecule has 0 aromatic carbocycles. The van der Waals surface area contributed by atoms with Gasteiger partial charge in [0.1, 0.15) is 0 Å². The van der Waals surface area contributed by atoms with Crippen LogP contribution in [0.15, 0.2) is 0 Å². The molecule has 0 amide bonds. The van der Waals surface area contributed by atoms with Gasteiger partial charge in [0.2, 0.25) is 0 Å². The Balaban J connectivity index is -0.0000000417. The molecule has 0 bridgehead atoms. The van der Waals surface area contributed by atoms with E-state index >= 15 is 0 Å². The summed E-state index contributed by atoms with van der Waals surface area (Å²) in [6.45, 7) is 0. The molecule has 0 saturated heterocycles. The zero-order chi connectivity index (χ0) is 4.99. The van der Waals surface area contributed by atoms with Crippen molar-refractivity contribution < 1.29 is 16.5 Å². The summed E-state index contributed by atoms with van der Waals surface area (Å²) in [7, 11) is 0.817. The molecule has 0 aromatic heterocycles. The summed E-state index contributed by atoms with van der Waals surface area (Å²) in [6, 6.07) is 0. The minimum atomic E-state index is -1.83. The molecular formula is C2H8MgO3P+. The van der Waals surface area contributed by atoms with E-state index in [1.165, 1.54) is 14.2 Å². The van der Waals surface area contributed by atoms with Gasteiger partial charge in [0, 0.05) is 4.57 Å². The zero-order valence-electron chi connectivity index (χ0n) is 6.38. The monoisotopic (exact) mass is 135 g/mol. The van der Waals surface area contributed by atoms with E-state index in [0.29, 0.717) is 0 Å². The Morgan fingerprint density at radius 1 is 1.43 bits per heavy atom. The van der Waals surface area contributed by atoms with E-state index in [1.807, 2.05) is 0 Å². The summed E-state index contributed by atoms with van der Waals surface area (Å²) in [5.41, 5.74) is 0. The minimum absolute atomic E-state index is 0. The molecule has 0 fully saturated rings. The van der Waals surface area contributed by atoms with E-state index in [1.54, 1.807) is 0 Å². The molecule has 0 aliphatic rings. The quantitative estimate of drug-likeness (QED) is 0.415. The van der Waals surface area contributed by atoms with Crippen LogP contribution in [-0.2, 0) is 13.6 Å². The second-order valence-corrected chi connectivity index (χ2v) is 1.77. The summed E-state index contributed by atoms with van der Waals surface area (Å²) in [6.07, 6.45) is 0. The third-order valence-corrected chi connectivity index (χ3v) is 0.894. The van der Waals surface area contributed by atoms with Gasteiger partial charge in [0.15, 0.2) is 0 Å². The van der Waals surface area contributed by atoms with Crippen molar-refractivity contribution in [1.29, 1.82) is 0 Å². The van der Waals surface area contributed by atoms with Crippen molar-refractivity contribution in [2.24, 2.45) is 0 Å². The van der Waals surface area contributed by atoms with Crippen LogP contribution >= 0.6 is 8.25 Å². The molecular weight excluding hydrogens is 127 g/mol. The van der Waals surface area contributed by atoms with Gasteiger partial charge in [-0.3, -0.25) is 0 Å². The molecule has 0 unspecified atom stereocenters. The molecule has 40 valence electrons. The topological polar surface area (TPSA) is 35.5 Å². The van der Waals surface area contributed by atoms with Crippen molar-refractivity contribution in [2.45, 2.75) is 0 Å². The van der Waals surface area contributed by atoms with Crippen molar-refractivity contribution in [3.05, 3.63) is 0 Å². The van der Waals surface area contributed by atoms with E-state index in [-0.39, 0.29) is 25.9 Å². The van der Waals surface area contributed by atoms with Crippen molar-refractivity contribution in [3.8, 4) is 0 Å². The first kappa shape index (κ1) is 10.7. The summed E-state index contributed by atoms with van der Waals surface area (Å²) >= 11 is 0. The average Bonchev–Trinajstić information content (AvgIpc) is 1.65. The molecule has 3 nitrogen and oxygen atoms in total. The first-order valence-electron chi connectivity index (χ1n) is 1.36. The maximum atomic E-state index is 9.88. The molecule has 0 aliphatic carbocycles. The van der Waals surface area contributed by atoms with Crippen LogP contribution in [0.3, 0.4) is 0 Å². The van der Waals surface area contributed by atoms with E-state index < -0.39 is 8.25 Å². The Morgan fingerprint density at radius 3 is 1.71 bits per heavy atom. The fourth-order valence-corrected chi connectivity index (χ4v) is 0.224. The van der Waals surface area contributed by atoms with Gasteiger partial charge in [-0.25, -0.2) is 0 Å². The largest absolute Gasteiger partial charge is 2.00 e. The average molecular weight is 135 g/mol. The molecule has 0 radical (unpaired) electrons. The Bertz CT molecular complexity index is 57.8. The molecule has 0 aromatic rings. The second kappa shape index (κ2) is 6.79. The van der Waals surface area contributed by atoms with Gasteiger partial charge in [-0.2, -0.15) is 0 Å². The fraction of sp³-hybridized carbons (Fsp3) is 1.00. The van der Waals surface area contributed by atoms with Gasteiger partial charge in [0.25, 0.3) is 0 Å². The van der Waals surface area contributed by atoms with Crippen LogP contribution < -0.4 is 0 Å². The summed E-state index contributed by atoms with van der Waals surface area (Å²) in [5.74, 6) is 0. The number of rotatable bonds is 2. The second-order valence-electron chi connectivity index (χ2n) is 0.589. The number of hydrogen-bond acceptors (Lipinski definition) is 3. The Hall–Kier alpha value is 0.786. The molecule has 0 aliphatic heterocycles. The molecule has 0 spiro atoms.